The molecule has 23 heavy (non-hydrogen) atoms. The lowest BCUT2D eigenvalue weighted by atomic mass is 9.86. The van der Waals surface area contributed by atoms with Gasteiger partial charge in [0.15, 0.2) is 9.84 Å². The first-order valence-electron chi connectivity index (χ1n) is 7.16. The van der Waals surface area contributed by atoms with E-state index in [2.05, 4.69) is 5.32 Å². The molecule has 2 N–H and O–H groups in total. The highest BCUT2D eigenvalue weighted by Gasteiger charge is 2.27. The molecule has 8 nitrogen and oxygen atoms in total. The molecule has 1 saturated carbocycles. The summed E-state index contributed by atoms with van der Waals surface area (Å²) in [4.78, 5) is 21.4. The summed E-state index contributed by atoms with van der Waals surface area (Å²) in [5.74, 6) is -1.18. The number of nitrogens with zero attached hydrogens (tertiary/aromatic N) is 1. The molecular weight excluding hydrogens is 324 g/mol. The summed E-state index contributed by atoms with van der Waals surface area (Å²) in [7, 11) is -3.52. The van der Waals surface area contributed by atoms with Gasteiger partial charge in [0.05, 0.1) is 15.7 Å². The van der Waals surface area contributed by atoms with Crippen LogP contribution in [0.5, 0.6) is 0 Å². The lowest BCUT2D eigenvalue weighted by molar-refractivity contribution is -0.384. The minimum Gasteiger partial charge on any atom is -0.481 e. The van der Waals surface area contributed by atoms with Crippen molar-refractivity contribution >= 4 is 27.2 Å². The third-order valence-electron chi connectivity index (χ3n) is 4.03. The molecule has 126 valence electrons. The van der Waals surface area contributed by atoms with Gasteiger partial charge in [-0.15, -0.1) is 0 Å². The van der Waals surface area contributed by atoms with Crippen LogP contribution in [0.1, 0.15) is 25.7 Å². The highest BCUT2D eigenvalue weighted by atomic mass is 32.2. The van der Waals surface area contributed by atoms with Crippen LogP contribution < -0.4 is 5.32 Å². The minimum atomic E-state index is -3.52. The Bertz CT molecular complexity index is 723. The standard InChI is InChI=1S/C14H18N2O6S/c1-23(21,22)11-6-7-12(13(8-11)16(19)20)15-10-4-2-9(3-5-10)14(17)18/h6-10,15H,2-5H2,1H3,(H,17,18). The van der Waals surface area contributed by atoms with E-state index in [1.165, 1.54) is 12.1 Å². The molecule has 0 aromatic heterocycles. The largest absolute Gasteiger partial charge is 0.481 e. The van der Waals surface area contributed by atoms with Crippen LogP contribution >= 0.6 is 0 Å². The summed E-state index contributed by atoms with van der Waals surface area (Å²) in [5.41, 5.74) is -0.0468. The topological polar surface area (TPSA) is 127 Å². The second-order valence-corrected chi connectivity index (χ2v) is 7.76. The molecule has 0 saturated heterocycles. The van der Waals surface area contributed by atoms with E-state index in [0.29, 0.717) is 25.7 Å². The second-order valence-electron chi connectivity index (χ2n) is 5.74. The summed E-state index contributed by atoms with van der Waals surface area (Å²) in [5, 5.41) is 23.2. The Hall–Kier alpha value is -2.16. The van der Waals surface area contributed by atoms with Crippen LogP contribution in [0.25, 0.3) is 0 Å². The normalized spacial score (nSPS) is 21.6. The van der Waals surface area contributed by atoms with Crippen LogP contribution in [0.4, 0.5) is 11.4 Å². The number of hydrogen-bond acceptors (Lipinski definition) is 6. The highest BCUT2D eigenvalue weighted by Crippen LogP contribution is 2.32. The Morgan fingerprint density at radius 1 is 1.30 bits per heavy atom. The summed E-state index contributed by atoms with van der Waals surface area (Å²) < 4.78 is 23.0. The fourth-order valence-corrected chi connectivity index (χ4v) is 3.36. The van der Waals surface area contributed by atoms with E-state index >= 15 is 0 Å². The zero-order valence-corrected chi connectivity index (χ0v) is 13.4. The van der Waals surface area contributed by atoms with Gasteiger partial charge in [0, 0.05) is 18.4 Å². The van der Waals surface area contributed by atoms with Crippen molar-refractivity contribution in [2.75, 3.05) is 11.6 Å². The second kappa shape index (κ2) is 6.53. The van der Waals surface area contributed by atoms with Gasteiger partial charge in [-0.3, -0.25) is 14.9 Å². The first-order valence-corrected chi connectivity index (χ1v) is 9.05. The van der Waals surface area contributed by atoms with E-state index in [-0.39, 0.29) is 28.2 Å². The summed E-state index contributed by atoms with van der Waals surface area (Å²) in [6.45, 7) is 0. The third kappa shape index (κ3) is 4.19. The number of nitrogens with one attached hydrogen (secondary N) is 1. The number of sulfone groups is 1. The zero-order valence-electron chi connectivity index (χ0n) is 12.6. The van der Waals surface area contributed by atoms with Crippen molar-refractivity contribution in [2.24, 2.45) is 5.92 Å². The lowest BCUT2D eigenvalue weighted by Gasteiger charge is -2.27. The minimum absolute atomic E-state index is 0.0617. The van der Waals surface area contributed by atoms with Crippen LogP contribution in [-0.2, 0) is 14.6 Å². The predicted octanol–water partition coefficient (Wildman–Crippen LogP) is 2.05. The highest BCUT2D eigenvalue weighted by molar-refractivity contribution is 7.90. The number of nitro benzene ring substituents is 1. The molecule has 0 bridgehead atoms. The molecule has 1 fully saturated rings. The SMILES string of the molecule is CS(=O)(=O)c1ccc(NC2CCC(C(=O)O)CC2)c([N+](=O)[O-])c1. The molecule has 0 aliphatic heterocycles. The van der Waals surface area contributed by atoms with Gasteiger partial charge in [0.25, 0.3) is 5.69 Å². The summed E-state index contributed by atoms with van der Waals surface area (Å²) >= 11 is 0. The van der Waals surface area contributed by atoms with E-state index in [0.717, 1.165) is 12.3 Å². The summed E-state index contributed by atoms with van der Waals surface area (Å²) in [6, 6.07) is 3.69. The molecule has 1 aromatic carbocycles. The first kappa shape index (κ1) is 17.2. The molecule has 0 radical (unpaired) electrons. The number of carbonyl (C=O) groups is 1. The van der Waals surface area contributed by atoms with Crippen LogP contribution in [0.3, 0.4) is 0 Å². The number of aliphatic carboxylic acids is 1. The van der Waals surface area contributed by atoms with Gasteiger partial charge < -0.3 is 10.4 Å². The Morgan fingerprint density at radius 3 is 2.39 bits per heavy atom. The Kier molecular flexibility index (Phi) is 4.88. The van der Waals surface area contributed by atoms with Crippen molar-refractivity contribution < 1.29 is 23.2 Å². The van der Waals surface area contributed by atoms with Crippen molar-refractivity contribution in [1.29, 1.82) is 0 Å². The van der Waals surface area contributed by atoms with Crippen LogP contribution in [-0.4, -0.2) is 36.7 Å². The third-order valence-corrected chi connectivity index (χ3v) is 5.14. The zero-order chi connectivity index (χ0) is 17.2. The molecule has 0 unspecified atom stereocenters. The van der Waals surface area contributed by atoms with Crippen LogP contribution in [0, 0.1) is 16.0 Å². The van der Waals surface area contributed by atoms with Gasteiger partial charge in [0.1, 0.15) is 5.69 Å². The van der Waals surface area contributed by atoms with E-state index in [9.17, 15) is 23.3 Å². The molecule has 2 rings (SSSR count). The Balaban J connectivity index is 2.17. The van der Waals surface area contributed by atoms with Gasteiger partial charge >= 0.3 is 5.97 Å². The summed E-state index contributed by atoms with van der Waals surface area (Å²) in [6.07, 6.45) is 3.22. The Morgan fingerprint density at radius 2 is 1.91 bits per heavy atom. The monoisotopic (exact) mass is 342 g/mol. The molecule has 9 heteroatoms. The van der Waals surface area contributed by atoms with Crippen LogP contribution in [0.2, 0.25) is 0 Å². The number of anilines is 1. The number of carboxylic acids is 1. The van der Waals surface area contributed by atoms with Crippen molar-refractivity contribution in [1.82, 2.24) is 0 Å². The van der Waals surface area contributed by atoms with Gasteiger partial charge in [-0.1, -0.05) is 0 Å². The molecular formula is C14H18N2O6S. The number of nitro groups is 1. The molecule has 0 amide bonds. The molecule has 1 aliphatic rings. The Labute approximate surface area is 133 Å². The van der Waals surface area contributed by atoms with E-state index in [1.54, 1.807) is 0 Å². The maximum Gasteiger partial charge on any atom is 0.306 e. The van der Waals surface area contributed by atoms with Crippen molar-refractivity contribution in [3.63, 3.8) is 0 Å². The van der Waals surface area contributed by atoms with E-state index in [1.807, 2.05) is 0 Å². The van der Waals surface area contributed by atoms with Gasteiger partial charge in [-0.2, -0.15) is 0 Å². The smallest absolute Gasteiger partial charge is 0.306 e. The number of benzene rings is 1. The van der Waals surface area contributed by atoms with Gasteiger partial charge in [-0.25, -0.2) is 8.42 Å². The molecule has 0 atom stereocenters. The number of carboxylic acid groups (broad SMARTS) is 1. The van der Waals surface area contributed by atoms with E-state index in [4.69, 9.17) is 5.11 Å². The fourth-order valence-electron chi connectivity index (χ4n) is 2.72. The van der Waals surface area contributed by atoms with Crippen LogP contribution in [0.15, 0.2) is 23.1 Å². The quantitative estimate of drug-likeness (QED) is 0.619. The lowest BCUT2D eigenvalue weighted by Crippen LogP contribution is -2.29. The molecule has 1 aliphatic carbocycles. The van der Waals surface area contributed by atoms with Crippen molar-refractivity contribution in [3.8, 4) is 0 Å². The van der Waals surface area contributed by atoms with Crippen molar-refractivity contribution in [3.05, 3.63) is 28.3 Å². The molecule has 1 aromatic rings. The average molecular weight is 342 g/mol. The maximum absolute atomic E-state index is 11.5. The molecule has 0 heterocycles. The van der Waals surface area contributed by atoms with Gasteiger partial charge in [-0.05, 0) is 37.8 Å². The average Bonchev–Trinajstić information content (AvgIpc) is 2.46. The molecule has 0 spiro atoms. The number of hydrogen-bond donors (Lipinski definition) is 2. The fraction of sp³-hybridized carbons (Fsp3) is 0.500. The maximum atomic E-state index is 11.5. The predicted molar refractivity (Wildman–Crippen MR) is 83.2 cm³/mol. The first-order chi connectivity index (χ1) is 10.7. The van der Waals surface area contributed by atoms with E-state index < -0.39 is 20.7 Å². The van der Waals surface area contributed by atoms with Crippen molar-refractivity contribution in [2.45, 2.75) is 36.6 Å². The number of rotatable bonds is 5. The van der Waals surface area contributed by atoms with Gasteiger partial charge in [0.2, 0.25) is 0 Å².